The lowest BCUT2D eigenvalue weighted by Gasteiger charge is -2.27. The van der Waals surface area contributed by atoms with E-state index in [4.69, 9.17) is 27.2 Å². The fraction of sp³-hybridized carbons (Fsp3) is 0.800. The molecule has 0 N–H and O–H groups in total. The number of carbonyl (C=O) groups is 1. The van der Waals surface area contributed by atoms with Gasteiger partial charge < -0.3 is 4.74 Å². The van der Waals surface area contributed by atoms with Crippen LogP contribution >= 0.6 is 44.3 Å². The number of ether oxygens (including phenoxy) is 1. The van der Waals surface area contributed by atoms with Crippen LogP contribution in [0.3, 0.4) is 0 Å². The average Bonchev–Trinajstić information content (AvgIpc) is 1.83. The van der Waals surface area contributed by atoms with Gasteiger partial charge in [-0.2, -0.15) is 0 Å². The van der Waals surface area contributed by atoms with Crippen LogP contribution < -0.4 is 0 Å². The lowest BCUT2D eigenvalue weighted by molar-refractivity contribution is -0.146. The number of hydrogen-bond donors (Lipinski definition) is 0. The van der Waals surface area contributed by atoms with Gasteiger partial charge in [0, 0.05) is 6.92 Å². The van der Waals surface area contributed by atoms with E-state index in [1.807, 2.05) is 0 Å². The summed E-state index contributed by atoms with van der Waals surface area (Å²) in [5, 5.41) is -1.22. The third-order valence-corrected chi connectivity index (χ3v) is 6.16. The van der Waals surface area contributed by atoms with E-state index in [1.165, 1.54) is 13.8 Å². The molecule has 12 heavy (non-hydrogen) atoms. The average molecular weight is 298 g/mol. The Morgan fingerprint density at radius 2 is 2.08 bits per heavy atom. The van der Waals surface area contributed by atoms with Gasteiger partial charge in [0.25, 0.3) is 5.85 Å². The first kappa shape index (κ1) is 12.8. The van der Waals surface area contributed by atoms with Crippen LogP contribution in [0.2, 0.25) is 0 Å². The minimum Gasteiger partial charge on any atom is -0.448 e. The van der Waals surface area contributed by atoms with Gasteiger partial charge in [0.1, 0.15) is 0 Å². The Balaban J connectivity index is 4.69. The Morgan fingerprint density at radius 3 is 2.17 bits per heavy atom. The SMILES string of the molecule is CC(=O)OC(C)(CBr)P(=O)(Cl)Cl. The number of halogens is 3. The largest absolute Gasteiger partial charge is 0.448 e. The molecule has 0 bridgehead atoms. The second-order valence-electron chi connectivity index (χ2n) is 2.36. The molecule has 0 aliphatic carbocycles. The van der Waals surface area contributed by atoms with E-state index in [9.17, 15) is 9.36 Å². The minimum absolute atomic E-state index is 0.129. The van der Waals surface area contributed by atoms with Gasteiger partial charge in [0.05, 0.1) is 5.33 Å². The van der Waals surface area contributed by atoms with E-state index in [0.29, 0.717) is 0 Å². The topological polar surface area (TPSA) is 43.4 Å². The summed E-state index contributed by atoms with van der Waals surface area (Å²) in [7, 11) is 0. The maximum Gasteiger partial charge on any atom is 0.303 e. The Bertz CT molecular complexity index is 229. The van der Waals surface area contributed by atoms with E-state index in [1.54, 1.807) is 0 Å². The van der Waals surface area contributed by atoms with Gasteiger partial charge in [0.2, 0.25) is 0 Å². The van der Waals surface area contributed by atoms with Crippen molar-refractivity contribution in [3.63, 3.8) is 0 Å². The van der Waals surface area contributed by atoms with Crippen LogP contribution in [0.4, 0.5) is 0 Å². The van der Waals surface area contributed by atoms with Gasteiger partial charge in [-0.15, -0.1) is 0 Å². The highest BCUT2D eigenvalue weighted by Crippen LogP contribution is 2.67. The summed E-state index contributed by atoms with van der Waals surface area (Å²) in [6, 6.07) is 0. The van der Waals surface area contributed by atoms with Gasteiger partial charge in [0.15, 0.2) is 5.34 Å². The first-order valence-electron chi connectivity index (χ1n) is 2.98. The van der Waals surface area contributed by atoms with Crippen LogP contribution in [0.1, 0.15) is 13.8 Å². The molecular formula is C5H8BrCl2O3P. The quantitative estimate of drug-likeness (QED) is 0.456. The van der Waals surface area contributed by atoms with Crippen molar-refractivity contribution in [3.8, 4) is 0 Å². The first-order chi connectivity index (χ1) is 5.23. The number of rotatable bonds is 3. The van der Waals surface area contributed by atoms with Crippen molar-refractivity contribution in [2.75, 3.05) is 5.33 Å². The molecule has 0 spiro atoms. The van der Waals surface area contributed by atoms with Crippen LogP contribution in [0.25, 0.3) is 0 Å². The van der Waals surface area contributed by atoms with Crippen molar-refractivity contribution < 1.29 is 14.1 Å². The Labute approximate surface area is 88.8 Å². The second-order valence-corrected chi connectivity index (χ2v) is 8.17. The molecule has 0 fully saturated rings. The molecule has 0 amide bonds. The van der Waals surface area contributed by atoms with E-state index in [-0.39, 0.29) is 5.33 Å². The molecule has 0 aromatic carbocycles. The monoisotopic (exact) mass is 296 g/mol. The molecule has 3 nitrogen and oxygen atoms in total. The summed E-state index contributed by atoms with van der Waals surface area (Å²) >= 11 is 13.8. The van der Waals surface area contributed by atoms with Gasteiger partial charge in [-0.25, -0.2) is 0 Å². The van der Waals surface area contributed by atoms with Crippen LogP contribution in [-0.4, -0.2) is 16.6 Å². The highest BCUT2D eigenvalue weighted by atomic mass is 79.9. The third-order valence-electron chi connectivity index (χ3n) is 1.16. The molecule has 0 rings (SSSR count). The molecule has 0 aromatic heterocycles. The Kier molecular flexibility index (Phi) is 4.59. The van der Waals surface area contributed by atoms with Gasteiger partial charge in [-0.3, -0.25) is 9.36 Å². The maximum atomic E-state index is 11.2. The van der Waals surface area contributed by atoms with E-state index in [0.717, 1.165) is 0 Å². The predicted octanol–water partition coefficient (Wildman–Crippen LogP) is 3.33. The molecule has 72 valence electrons. The van der Waals surface area contributed by atoms with Crippen molar-refractivity contribution in [3.05, 3.63) is 0 Å². The number of carbonyl (C=O) groups excluding carboxylic acids is 1. The maximum absolute atomic E-state index is 11.2. The zero-order chi connectivity index (χ0) is 9.99. The highest BCUT2D eigenvalue weighted by molar-refractivity contribution is 9.09. The molecular weight excluding hydrogens is 290 g/mol. The number of alkyl halides is 1. The molecule has 7 heteroatoms. The summed E-state index contributed by atoms with van der Waals surface area (Å²) in [6.45, 7) is 2.61. The molecule has 0 heterocycles. The van der Waals surface area contributed by atoms with E-state index in [2.05, 4.69) is 15.9 Å². The second kappa shape index (κ2) is 4.32. The van der Waals surface area contributed by atoms with E-state index < -0.39 is 17.2 Å². The van der Waals surface area contributed by atoms with Gasteiger partial charge in [-0.05, 0) is 29.4 Å². The van der Waals surface area contributed by atoms with E-state index >= 15 is 0 Å². The summed E-state index contributed by atoms with van der Waals surface area (Å²) in [4.78, 5) is 10.6. The molecule has 0 saturated carbocycles. The fourth-order valence-corrected chi connectivity index (χ4v) is 3.44. The van der Waals surface area contributed by atoms with Crippen molar-refractivity contribution in [1.82, 2.24) is 0 Å². The lowest BCUT2D eigenvalue weighted by atomic mass is 10.4. The van der Waals surface area contributed by atoms with Crippen molar-refractivity contribution >= 4 is 50.2 Å². The van der Waals surface area contributed by atoms with Crippen LogP contribution in [0.5, 0.6) is 0 Å². The van der Waals surface area contributed by atoms with Gasteiger partial charge in [-0.1, -0.05) is 15.9 Å². The van der Waals surface area contributed by atoms with Crippen molar-refractivity contribution in [2.45, 2.75) is 19.2 Å². The fourth-order valence-electron chi connectivity index (χ4n) is 0.460. The Hall–Kier alpha value is 0.760. The summed E-state index contributed by atoms with van der Waals surface area (Å²) in [5.74, 6) is -4.06. The molecule has 1 unspecified atom stereocenters. The molecule has 0 aromatic rings. The normalized spacial score (nSPS) is 16.8. The summed E-state index contributed by atoms with van der Waals surface area (Å²) < 4.78 is 16.0. The molecule has 0 aliphatic rings. The van der Waals surface area contributed by atoms with Crippen LogP contribution in [-0.2, 0) is 14.1 Å². The smallest absolute Gasteiger partial charge is 0.303 e. The minimum atomic E-state index is -3.49. The van der Waals surface area contributed by atoms with Gasteiger partial charge >= 0.3 is 5.97 Å². The summed E-state index contributed by atoms with van der Waals surface area (Å²) in [5.41, 5.74) is 0. The molecule has 1 atom stereocenters. The van der Waals surface area contributed by atoms with Crippen molar-refractivity contribution in [1.29, 1.82) is 0 Å². The molecule has 0 saturated heterocycles. The van der Waals surface area contributed by atoms with Crippen LogP contribution in [0.15, 0.2) is 0 Å². The summed E-state index contributed by atoms with van der Waals surface area (Å²) in [6.07, 6.45) is 0. The van der Waals surface area contributed by atoms with Crippen molar-refractivity contribution in [2.24, 2.45) is 0 Å². The number of hydrogen-bond acceptors (Lipinski definition) is 3. The molecule has 0 aliphatic heterocycles. The number of esters is 1. The first-order valence-corrected chi connectivity index (χ1v) is 7.62. The zero-order valence-electron chi connectivity index (χ0n) is 6.51. The molecule has 0 radical (unpaired) electrons. The highest BCUT2D eigenvalue weighted by Gasteiger charge is 2.44. The zero-order valence-corrected chi connectivity index (χ0v) is 10.5. The standard InChI is InChI=1S/C5H8BrCl2O3P/c1-4(9)11-5(2,3-6)12(7,8)10/h3H2,1-2H3. The third kappa shape index (κ3) is 3.25. The van der Waals surface area contributed by atoms with Crippen LogP contribution in [0, 0.1) is 0 Å². The Morgan fingerprint density at radius 1 is 1.67 bits per heavy atom. The predicted molar refractivity (Wildman–Crippen MR) is 53.3 cm³/mol. The lowest BCUT2D eigenvalue weighted by Crippen LogP contribution is -2.29.